The molecule has 8 heteroatoms. The smallest absolute Gasteiger partial charge is 0.358 e. The number of carbonyl (C=O) groups excluding carboxylic acids is 1. The zero-order chi connectivity index (χ0) is 15.1. The number of aromatic nitrogens is 2. The zero-order valence-corrected chi connectivity index (χ0v) is 11.8. The van der Waals surface area contributed by atoms with Crippen molar-refractivity contribution in [1.29, 1.82) is 0 Å². The molecule has 4 N–H and O–H groups in total. The van der Waals surface area contributed by atoms with Gasteiger partial charge in [-0.1, -0.05) is 0 Å². The minimum Gasteiger partial charge on any atom is -0.476 e. The van der Waals surface area contributed by atoms with E-state index in [1.807, 2.05) is 13.8 Å². The molecule has 0 saturated heterocycles. The van der Waals surface area contributed by atoms with Crippen LogP contribution in [0, 0.1) is 0 Å². The zero-order valence-electron chi connectivity index (χ0n) is 11.8. The summed E-state index contributed by atoms with van der Waals surface area (Å²) in [5.41, 5.74) is -0.289. The molecule has 0 aliphatic carbocycles. The van der Waals surface area contributed by atoms with Gasteiger partial charge in [0.2, 0.25) is 0 Å². The van der Waals surface area contributed by atoms with Gasteiger partial charge >= 0.3 is 5.97 Å². The molecule has 0 saturated carbocycles. The van der Waals surface area contributed by atoms with Crippen LogP contribution in [0.2, 0.25) is 0 Å². The summed E-state index contributed by atoms with van der Waals surface area (Å²) in [5.74, 6) is -1.29. The van der Waals surface area contributed by atoms with Gasteiger partial charge in [0.05, 0.1) is 0 Å². The van der Waals surface area contributed by atoms with Crippen LogP contribution in [0.4, 0.5) is 11.6 Å². The molecule has 0 spiro atoms. The van der Waals surface area contributed by atoms with Crippen LogP contribution in [0.3, 0.4) is 0 Å². The summed E-state index contributed by atoms with van der Waals surface area (Å²) in [6, 6.07) is 0. The second-order valence-corrected chi connectivity index (χ2v) is 3.84. The molecule has 20 heavy (non-hydrogen) atoms. The number of carboxylic acids is 1. The van der Waals surface area contributed by atoms with E-state index >= 15 is 0 Å². The van der Waals surface area contributed by atoms with Crippen molar-refractivity contribution in [3.8, 4) is 0 Å². The predicted octanol–water partition coefficient (Wildman–Crippen LogP) is 0.788. The largest absolute Gasteiger partial charge is 0.476 e. The van der Waals surface area contributed by atoms with Crippen LogP contribution in [-0.4, -0.2) is 46.6 Å². The first-order valence-corrected chi connectivity index (χ1v) is 6.46. The SMILES string of the molecule is CCNC(=O)c1nc(C(=O)O)c(NCC)nc1NCC. The number of hydrogen-bond acceptors (Lipinski definition) is 6. The van der Waals surface area contributed by atoms with Gasteiger partial charge in [-0.15, -0.1) is 0 Å². The van der Waals surface area contributed by atoms with Gasteiger partial charge in [0.1, 0.15) is 0 Å². The monoisotopic (exact) mass is 281 g/mol. The summed E-state index contributed by atoms with van der Waals surface area (Å²) < 4.78 is 0. The van der Waals surface area contributed by atoms with Crippen LogP contribution < -0.4 is 16.0 Å². The van der Waals surface area contributed by atoms with Crippen molar-refractivity contribution in [1.82, 2.24) is 15.3 Å². The highest BCUT2D eigenvalue weighted by Gasteiger charge is 2.22. The van der Waals surface area contributed by atoms with Crippen molar-refractivity contribution >= 4 is 23.5 Å². The predicted molar refractivity (Wildman–Crippen MR) is 75.3 cm³/mol. The lowest BCUT2D eigenvalue weighted by molar-refractivity contribution is 0.0691. The van der Waals surface area contributed by atoms with Gasteiger partial charge in [0.25, 0.3) is 5.91 Å². The molecule has 0 unspecified atom stereocenters. The quantitative estimate of drug-likeness (QED) is 0.583. The number of nitrogens with zero attached hydrogens (tertiary/aromatic N) is 2. The van der Waals surface area contributed by atoms with Crippen molar-refractivity contribution in [3.05, 3.63) is 11.4 Å². The minimum absolute atomic E-state index is 0.0206. The van der Waals surface area contributed by atoms with E-state index in [2.05, 4.69) is 25.9 Å². The molecule has 1 rings (SSSR count). The maximum atomic E-state index is 11.9. The molecule has 0 aromatic carbocycles. The molecule has 1 heterocycles. The normalized spacial score (nSPS) is 9.95. The summed E-state index contributed by atoms with van der Waals surface area (Å²) in [5, 5.41) is 17.5. The fourth-order valence-corrected chi connectivity index (χ4v) is 1.57. The number of hydrogen-bond donors (Lipinski definition) is 4. The topological polar surface area (TPSA) is 116 Å². The van der Waals surface area contributed by atoms with Crippen LogP contribution in [0.5, 0.6) is 0 Å². The summed E-state index contributed by atoms with van der Waals surface area (Å²) >= 11 is 0. The van der Waals surface area contributed by atoms with Crippen LogP contribution in [0.1, 0.15) is 41.7 Å². The summed E-state index contributed by atoms with van der Waals surface area (Å²) in [7, 11) is 0. The highest BCUT2D eigenvalue weighted by Crippen LogP contribution is 2.18. The first kappa shape index (κ1) is 15.7. The van der Waals surface area contributed by atoms with E-state index < -0.39 is 11.9 Å². The van der Waals surface area contributed by atoms with E-state index in [9.17, 15) is 9.59 Å². The summed E-state index contributed by atoms with van der Waals surface area (Å²) in [6.07, 6.45) is 0. The van der Waals surface area contributed by atoms with Crippen molar-refractivity contribution < 1.29 is 14.7 Å². The Kier molecular flexibility index (Phi) is 5.70. The Morgan fingerprint density at radius 1 is 0.950 bits per heavy atom. The molecule has 1 amide bonds. The second kappa shape index (κ2) is 7.27. The average molecular weight is 281 g/mol. The number of nitrogens with one attached hydrogen (secondary N) is 3. The van der Waals surface area contributed by atoms with Gasteiger partial charge in [0, 0.05) is 19.6 Å². The molecule has 1 aromatic heterocycles. The number of aromatic carboxylic acids is 1. The van der Waals surface area contributed by atoms with Crippen LogP contribution in [0.25, 0.3) is 0 Å². The summed E-state index contributed by atoms with van der Waals surface area (Å²) in [4.78, 5) is 31.2. The molecule has 0 fully saturated rings. The first-order chi connectivity index (χ1) is 9.54. The number of rotatable bonds is 7. The number of anilines is 2. The molecular weight excluding hydrogens is 262 g/mol. The van der Waals surface area contributed by atoms with Gasteiger partial charge in [-0.3, -0.25) is 4.79 Å². The molecule has 8 nitrogen and oxygen atoms in total. The number of amides is 1. The highest BCUT2D eigenvalue weighted by atomic mass is 16.4. The van der Waals surface area contributed by atoms with E-state index in [-0.39, 0.29) is 23.0 Å². The van der Waals surface area contributed by atoms with E-state index in [1.54, 1.807) is 6.92 Å². The first-order valence-electron chi connectivity index (χ1n) is 6.46. The van der Waals surface area contributed by atoms with E-state index in [1.165, 1.54) is 0 Å². The Labute approximate surface area is 117 Å². The molecule has 1 aromatic rings. The highest BCUT2D eigenvalue weighted by molar-refractivity contribution is 5.99. The molecule has 0 aliphatic rings. The molecule has 0 bridgehead atoms. The third kappa shape index (κ3) is 3.56. The van der Waals surface area contributed by atoms with Crippen molar-refractivity contribution in [3.63, 3.8) is 0 Å². The maximum Gasteiger partial charge on any atom is 0.358 e. The van der Waals surface area contributed by atoms with Gasteiger partial charge in [-0.05, 0) is 20.8 Å². The Morgan fingerprint density at radius 3 is 1.95 bits per heavy atom. The molecule has 110 valence electrons. The van der Waals surface area contributed by atoms with Gasteiger partial charge in [-0.25, -0.2) is 14.8 Å². The number of carboxylic acid groups (broad SMARTS) is 1. The lowest BCUT2D eigenvalue weighted by Crippen LogP contribution is -2.27. The van der Waals surface area contributed by atoms with Crippen molar-refractivity contribution in [2.75, 3.05) is 30.3 Å². The molecule has 0 atom stereocenters. The standard InChI is InChI=1S/C12H19N5O3/c1-4-13-9-7(11(18)15-6-3)16-8(12(19)20)10(17-9)14-5-2/h4-6H2,1-3H3,(H,15,18)(H,19,20)(H2,13,14,17). The van der Waals surface area contributed by atoms with Crippen LogP contribution in [0.15, 0.2) is 0 Å². The van der Waals surface area contributed by atoms with Gasteiger partial charge in [0.15, 0.2) is 23.0 Å². The Bertz CT molecular complexity index is 504. The Morgan fingerprint density at radius 2 is 1.50 bits per heavy atom. The van der Waals surface area contributed by atoms with E-state index in [4.69, 9.17) is 5.11 Å². The van der Waals surface area contributed by atoms with Crippen molar-refractivity contribution in [2.45, 2.75) is 20.8 Å². The summed E-state index contributed by atoms with van der Waals surface area (Å²) in [6.45, 7) is 6.89. The average Bonchev–Trinajstić information content (AvgIpc) is 2.39. The maximum absolute atomic E-state index is 11.9. The third-order valence-electron chi connectivity index (χ3n) is 2.34. The molecular formula is C12H19N5O3. The van der Waals surface area contributed by atoms with Gasteiger partial charge < -0.3 is 21.1 Å². The second-order valence-electron chi connectivity index (χ2n) is 3.84. The van der Waals surface area contributed by atoms with Crippen LogP contribution in [-0.2, 0) is 0 Å². The fourth-order valence-electron chi connectivity index (χ4n) is 1.57. The van der Waals surface area contributed by atoms with Crippen molar-refractivity contribution in [2.24, 2.45) is 0 Å². The lowest BCUT2D eigenvalue weighted by atomic mass is 10.3. The fraction of sp³-hybridized carbons (Fsp3) is 0.500. The Hall–Kier alpha value is -2.38. The molecule has 0 radical (unpaired) electrons. The Balaban J connectivity index is 3.36. The lowest BCUT2D eigenvalue weighted by Gasteiger charge is -2.13. The molecule has 0 aliphatic heterocycles. The minimum atomic E-state index is -1.23. The third-order valence-corrected chi connectivity index (χ3v) is 2.34. The van der Waals surface area contributed by atoms with E-state index in [0.29, 0.717) is 19.6 Å². The van der Waals surface area contributed by atoms with Gasteiger partial charge in [-0.2, -0.15) is 0 Å². The van der Waals surface area contributed by atoms with E-state index in [0.717, 1.165) is 0 Å². The van der Waals surface area contributed by atoms with Crippen LogP contribution >= 0.6 is 0 Å². The number of carbonyl (C=O) groups is 2.